The summed E-state index contributed by atoms with van der Waals surface area (Å²) in [4.78, 5) is 14.9. The molecule has 1 saturated heterocycles. The molecule has 0 N–H and O–H groups in total. The van der Waals surface area contributed by atoms with Crippen molar-refractivity contribution in [3.05, 3.63) is 35.4 Å². The van der Waals surface area contributed by atoms with Crippen LogP contribution < -0.4 is 0 Å². The molecule has 2 aliphatic carbocycles. The number of nitrogens with zero attached hydrogens (tertiary/aromatic N) is 1. The Morgan fingerprint density at radius 3 is 2.71 bits per heavy atom. The third-order valence-corrected chi connectivity index (χ3v) is 6.06. The fourth-order valence-electron chi connectivity index (χ4n) is 4.74. The van der Waals surface area contributed by atoms with E-state index in [1.165, 1.54) is 24.0 Å². The van der Waals surface area contributed by atoms with Crippen LogP contribution in [0.5, 0.6) is 0 Å². The van der Waals surface area contributed by atoms with Gasteiger partial charge in [0.25, 0.3) is 0 Å². The van der Waals surface area contributed by atoms with Gasteiger partial charge in [0.1, 0.15) is 0 Å². The zero-order valence-electron chi connectivity index (χ0n) is 13.1. The van der Waals surface area contributed by atoms with E-state index in [1.807, 2.05) is 0 Å². The molecule has 2 fully saturated rings. The van der Waals surface area contributed by atoms with Gasteiger partial charge in [0.05, 0.1) is 0 Å². The van der Waals surface area contributed by atoms with Crippen LogP contribution in [-0.2, 0) is 16.6 Å². The van der Waals surface area contributed by atoms with Crippen molar-refractivity contribution < 1.29 is 4.79 Å². The Labute approximate surface area is 127 Å². The fraction of sp³-hybridized carbons (Fsp3) is 0.632. The topological polar surface area (TPSA) is 20.3 Å². The van der Waals surface area contributed by atoms with Crippen LogP contribution >= 0.6 is 0 Å². The molecular weight excluding hydrogens is 258 g/mol. The van der Waals surface area contributed by atoms with Crippen molar-refractivity contribution in [2.45, 2.75) is 57.4 Å². The summed E-state index contributed by atoms with van der Waals surface area (Å²) in [5.74, 6) is 1.41. The highest BCUT2D eigenvalue weighted by molar-refractivity contribution is 5.81. The summed E-state index contributed by atoms with van der Waals surface area (Å²) < 4.78 is 0. The van der Waals surface area contributed by atoms with E-state index in [0.29, 0.717) is 23.8 Å². The first-order chi connectivity index (χ1) is 10.1. The van der Waals surface area contributed by atoms with Crippen molar-refractivity contribution >= 4 is 5.91 Å². The van der Waals surface area contributed by atoms with Crippen LogP contribution in [0.4, 0.5) is 0 Å². The van der Waals surface area contributed by atoms with E-state index in [0.717, 1.165) is 25.8 Å². The number of hydrogen-bond acceptors (Lipinski definition) is 1. The van der Waals surface area contributed by atoms with Crippen LogP contribution in [0, 0.1) is 11.8 Å². The molecule has 21 heavy (non-hydrogen) atoms. The molecular formula is C19H25NO. The quantitative estimate of drug-likeness (QED) is 0.772. The van der Waals surface area contributed by atoms with E-state index in [9.17, 15) is 4.79 Å². The zero-order chi connectivity index (χ0) is 14.6. The van der Waals surface area contributed by atoms with Crippen LogP contribution in [0.25, 0.3) is 0 Å². The molecule has 1 aliphatic heterocycles. The third-order valence-electron chi connectivity index (χ3n) is 6.06. The molecule has 112 valence electrons. The Balaban J connectivity index is 1.72. The number of hydrogen-bond donors (Lipinski definition) is 0. The molecule has 4 rings (SSSR count). The van der Waals surface area contributed by atoms with Gasteiger partial charge in [-0.1, -0.05) is 38.1 Å². The van der Waals surface area contributed by atoms with Gasteiger partial charge in [0.15, 0.2) is 0 Å². The normalized spacial score (nSPS) is 30.5. The Hall–Kier alpha value is -1.31. The predicted octanol–water partition coefficient (Wildman–Crippen LogP) is 3.54. The highest BCUT2D eigenvalue weighted by Crippen LogP contribution is 2.47. The van der Waals surface area contributed by atoms with Crippen LogP contribution in [0.3, 0.4) is 0 Å². The summed E-state index contributed by atoms with van der Waals surface area (Å²) in [6, 6.07) is 9.30. The number of benzene rings is 1. The maximum Gasteiger partial charge on any atom is 0.225 e. The molecule has 2 heteroatoms. The first kappa shape index (κ1) is 13.4. The average Bonchev–Trinajstić information content (AvgIpc) is 3.31. The highest BCUT2D eigenvalue weighted by atomic mass is 16.2. The van der Waals surface area contributed by atoms with Gasteiger partial charge >= 0.3 is 0 Å². The number of carbonyl (C=O) groups excluding carboxylic acids is 1. The maximum absolute atomic E-state index is 12.7. The molecule has 2 unspecified atom stereocenters. The molecule has 1 heterocycles. The second-order valence-corrected chi connectivity index (χ2v) is 7.70. The van der Waals surface area contributed by atoms with Gasteiger partial charge in [0.2, 0.25) is 5.91 Å². The number of carbonyl (C=O) groups is 1. The van der Waals surface area contributed by atoms with Gasteiger partial charge in [-0.2, -0.15) is 0 Å². The van der Waals surface area contributed by atoms with E-state index in [-0.39, 0.29) is 5.41 Å². The van der Waals surface area contributed by atoms with Crippen molar-refractivity contribution in [3.63, 3.8) is 0 Å². The lowest BCUT2D eigenvalue weighted by Gasteiger charge is -2.52. The Kier molecular flexibility index (Phi) is 2.92. The van der Waals surface area contributed by atoms with Crippen molar-refractivity contribution in [3.8, 4) is 0 Å². The minimum atomic E-state index is 0.183. The van der Waals surface area contributed by atoms with Crippen LogP contribution in [0.2, 0.25) is 0 Å². The summed E-state index contributed by atoms with van der Waals surface area (Å²) in [6.07, 6.45) is 5.73. The molecule has 0 aromatic heterocycles. The molecule has 1 amide bonds. The molecule has 2 nitrogen and oxygen atoms in total. The van der Waals surface area contributed by atoms with Crippen molar-refractivity contribution in [1.29, 1.82) is 0 Å². The molecule has 1 aromatic rings. The number of likely N-dealkylation sites (tertiary alicyclic amines) is 1. The van der Waals surface area contributed by atoms with E-state index in [4.69, 9.17) is 0 Å². The molecule has 0 radical (unpaired) electrons. The Morgan fingerprint density at radius 1 is 1.19 bits per heavy atom. The largest absolute Gasteiger partial charge is 0.339 e. The van der Waals surface area contributed by atoms with Gasteiger partial charge in [-0.05, 0) is 54.6 Å². The summed E-state index contributed by atoms with van der Waals surface area (Å²) in [5.41, 5.74) is 3.15. The molecule has 2 atom stereocenters. The highest BCUT2D eigenvalue weighted by Gasteiger charge is 2.48. The molecule has 0 bridgehead atoms. The first-order valence-corrected chi connectivity index (χ1v) is 8.48. The molecule has 1 saturated carbocycles. The van der Waals surface area contributed by atoms with Crippen LogP contribution in [0.1, 0.15) is 50.7 Å². The molecule has 3 aliphatic rings. The smallest absolute Gasteiger partial charge is 0.225 e. The van der Waals surface area contributed by atoms with Gasteiger partial charge in [0, 0.05) is 18.5 Å². The third kappa shape index (κ3) is 2.03. The lowest BCUT2D eigenvalue weighted by Crippen LogP contribution is -2.57. The fourth-order valence-corrected chi connectivity index (χ4v) is 4.74. The van der Waals surface area contributed by atoms with Crippen LogP contribution in [-0.4, -0.2) is 23.4 Å². The van der Waals surface area contributed by atoms with E-state index < -0.39 is 0 Å². The van der Waals surface area contributed by atoms with Gasteiger partial charge in [-0.3, -0.25) is 4.79 Å². The second-order valence-electron chi connectivity index (χ2n) is 7.70. The number of amides is 1. The van der Waals surface area contributed by atoms with Gasteiger partial charge < -0.3 is 4.90 Å². The lowest BCUT2D eigenvalue weighted by molar-refractivity contribution is -0.139. The standard InChI is InChI=1S/C19H25NO/c1-19(2)15-7-4-3-6-14(15)12-17-16(19)8-5-11-20(17)18(21)13-9-10-13/h3-4,6-7,13,16-17H,5,8-12H2,1-2H3. The molecule has 1 aromatic carbocycles. The lowest BCUT2D eigenvalue weighted by atomic mass is 9.60. The number of fused-ring (bicyclic) bond motifs is 2. The zero-order valence-corrected chi connectivity index (χ0v) is 13.1. The molecule has 0 spiro atoms. The van der Waals surface area contributed by atoms with Crippen LogP contribution in [0.15, 0.2) is 24.3 Å². The number of rotatable bonds is 1. The minimum Gasteiger partial charge on any atom is -0.339 e. The van der Waals surface area contributed by atoms with E-state index in [1.54, 1.807) is 0 Å². The average molecular weight is 283 g/mol. The summed E-state index contributed by atoms with van der Waals surface area (Å²) in [7, 11) is 0. The summed E-state index contributed by atoms with van der Waals surface area (Å²) in [6.45, 7) is 5.75. The van der Waals surface area contributed by atoms with Crippen molar-refractivity contribution in [1.82, 2.24) is 4.90 Å². The van der Waals surface area contributed by atoms with E-state index >= 15 is 0 Å². The predicted molar refractivity (Wildman–Crippen MR) is 84.1 cm³/mol. The summed E-state index contributed by atoms with van der Waals surface area (Å²) >= 11 is 0. The van der Waals surface area contributed by atoms with Crippen molar-refractivity contribution in [2.24, 2.45) is 11.8 Å². The SMILES string of the molecule is CC1(C)c2ccccc2CC2C1CCCN2C(=O)C1CC1. The number of piperidine rings is 1. The Morgan fingerprint density at radius 2 is 1.95 bits per heavy atom. The van der Waals surface area contributed by atoms with Gasteiger partial charge in [-0.15, -0.1) is 0 Å². The van der Waals surface area contributed by atoms with E-state index in [2.05, 4.69) is 43.0 Å². The maximum atomic E-state index is 12.7. The van der Waals surface area contributed by atoms with Crippen molar-refractivity contribution in [2.75, 3.05) is 6.54 Å². The van der Waals surface area contributed by atoms with Gasteiger partial charge in [-0.25, -0.2) is 0 Å². The first-order valence-electron chi connectivity index (χ1n) is 8.48. The summed E-state index contributed by atoms with van der Waals surface area (Å²) in [5, 5.41) is 0. The monoisotopic (exact) mass is 283 g/mol. The second kappa shape index (κ2) is 4.59. The Bertz CT molecular complexity index is 573. The minimum absolute atomic E-state index is 0.183.